The van der Waals surface area contributed by atoms with Gasteiger partial charge in [0.05, 0.1) is 24.8 Å². The van der Waals surface area contributed by atoms with Crippen molar-refractivity contribution in [2.45, 2.75) is 57.9 Å². The smallest absolute Gasteiger partial charge is 0.334 e. The Kier molecular flexibility index (Phi) is 7.29. The van der Waals surface area contributed by atoms with Crippen molar-refractivity contribution < 1.29 is 28.2 Å². The maximum absolute atomic E-state index is 13.8. The number of carboxylic acid groups (broad SMARTS) is 1. The molecule has 0 spiro atoms. The Balaban J connectivity index is 2.10. The molecule has 0 amide bonds. The minimum atomic E-state index is -3.13. The van der Waals surface area contributed by atoms with Gasteiger partial charge in [0.25, 0.3) is 5.92 Å². The van der Waals surface area contributed by atoms with Crippen molar-refractivity contribution in [3.63, 3.8) is 0 Å². The number of allylic oxidation sites excluding steroid dienone is 1. The van der Waals surface area contributed by atoms with Crippen LogP contribution in [0.4, 0.5) is 8.78 Å². The van der Waals surface area contributed by atoms with E-state index in [1.807, 2.05) is 0 Å². The summed E-state index contributed by atoms with van der Waals surface area (Å²) < 4.78 is 38.2. The molecule has 7 heteroatoms. The van der Waals surface area contributed by atoms with Crippen LogP contribution < -0.4 is 0 Å². The van der Waals surface area contributed by atoms with Crippen LogP contribution in [0.1, 0.15) is 46.0 Å². The van der Waals surface area contributed by atoms with Crippen molar-refractivity contribution in [2.24, 2.45) is 16.8 Å². The zero-order valence-electron chi connectivity index (χ0n) is 15.8. The summed E-state index contributed by atoms with van der Waals surface area (Å²) >= 11 is 0. The lowest BCUT2D eigenvalue weighted by Crippen LogP contribution is -2.29. The zero-order valence-corrected chi connectivity index (χ0v) is 15.8. The molecule has 0 saturated heterocycles. The summed E-state index contributed by atoms with van der Waals surface area (Å²) in [6.07, 6.45) is 4.63. The van der Waals surface area contributed by atoms with E-state index in [4.69, 9.17) is 9.47 Å². The quantitative estimate of drug-likeness (QED) is 0.626. The first-order valence-electron chi connectivity index (χ1n) is 9.23. The number of methoxy groups -OCH3 is 1. The molecule has 0 aromatic carbocycles. The van der Waals surface area contributed by atoms with E-state index in [0.29, 0.717) is 32.2 Å². The largest absolute Gasteiger partial charge is 0.478 e. The van der Waals surface area contributed by atoms with Gasteiger partial charge in [0.2, 0.25) is 0 Å². The Morgan fingerprint density at radius 2 is 1.92 bits per heavy atom. The van der Waals surface area contributed by atoms with Crippen LogP contribution >= 0.6 is 0 Å². The number of ether oxygens (including phenoxy) is 2. The average Bonchev–Trinajstić information content (AvgIpc) is 2.89. The van der Waals surface area contributed by atoms with Gasteiger partial charge in [-0.05, 0) is 37.2 Å². The summed E-state index contributed by atoms with van der Waals surface area (Å²) in [4.78, 5) is 15.8. The number of aliphatic carboxylic acids is 1. The highest BCUT2D eigenvalue weighted by Gasteiger charge is 2.41. The number of carboxylic acids is 1. The molecular formula is C19H29F2NO4. The number of hydrogen-bond donors (Lipinski definition) is 1. The lowest BCUT2D eigenvalue weighted by Gasteiger charge is -2.32. The molecule has 2 aliphatic rings. The first-order chi connectivity index (χ1) is 12.3. The van der Waals surface area contributed by atoms with Crippen molar-refractivity contribution in [2.75, 3.05) is 26.9 Å². The summed E-state index contributed by atoms with van der Waals surface area (Å²) in [5.74, 6) is -3.75. The van der Waals surface area contributed by atoms with Crippen LogP contribution in [0.5, 0.6) is 0 Å². The predicted molar refractivity (Wildman–Crippen MR) is 94.9 cm³/mol. The minimum Gasteiger partial charge on any atom is -0.478 e. The average molecular weight is 373 g/mol. The van der Waals surface area contributed by atoms with Crippen molar-refractivity contribution in [3.05, 3.63) is 11.1 Å². The van der Waals surface area contributed by atoms with Crippen LogP contribution in [0.2, 0.25) is 0 Å². The molecule has 0 aromatic heterocycles. The Hall–Kier alpha value is -1.34. The summed E-state index contributed by atoms with van der Waals surface area (Å²) in [5.41, 5.74) is -0.256. The fourth-order valence-electron chi connectivity index (χ4n) is 4.09. The molecule has 1 aliphatic carbocycles. The first-order valence-corrected chi connectivity index (χ1v) is 9.23. The number of hydrogen-bond acceptors (Lipinski definition) is 4. The van der Waals surface area contributed by atoms with E-state index in [2.05, 4.69) is 4.99 Å². The molecule has 0 bridgehead atoms. The van der Waals surface area contributed by atoms with Crippen LogP contribution in [0.15, 0.2) is 16.1 Å². The lowest BCUT2D eigenvalue weighted by atomic mass is 9.75. The molecule has 3 atom stereocenters. The number of halogens is 2. The minimum absolute atomic E-state index is 0.0196. The first kappa shape index (κ1) is 21.0. The third-order valence-electron chi connectivity index (χ3n) is 5.38. The summed E-state index contributed by atoms with van der Waals surface area (Å²) in [5, 5.41) is 9.52. The second kappa shape index (κ2) is 9.04. The molecule has 148 valence electrons. The molecule has 1 heterocycles. The van der Waals surface area contributed by atoms with Crippen LogP contribution in [-0.2, 0) is 14.3 Å². The second-order valence-electron chi connectivity index (χ2n) is 7.33. The van der Waals surface area contributed by atoms with Gasteiger partial charge in [-0.1, -0.05) is 19.3 Å². The molecule has 1 fully saturated rings. The van der Waals surface area contributed by atoms with E-state index in [0.717, 1.165) is 32.6 Å². The van der Waals surface area contributed by atoms with Gasteiger partial charge in [-0.25, -0.2) is 4.79 Å². The molecule has 1 aliphatic heterocycles. The SMILES string of the molecule is COCCOC[C@H]1CCCCC1CC1N=C(C(C)(F)F)C(C)=C1C(=O)O. The highest BCUT2D eigenvalue weighted by Crippen LogP contribution is 2.39. The van der Waals surface area contributed by atoms with E-state index in [1.54, 1.807) is 7.11 Å². The summed E-state index contributed by atoms with van der Waals surface area (Å²) in [6.45, 7) is 3.85. The molecule has 1 N–H and O–H groups in total. The van der Waals surface area contributed by atoms with Crippen molar-refractivity contribution >= 4 is 11.7 Å². The van der Waals surface area contributed by atoms with Gasteiger partial charge in [0.15, 0.2) is 0 Å². The fourth-order valence-corrected chi connectivity index (χ4v) is 4.09. The van der Waals surface area contributed by atoms with Crippen LogP contribution in [0.3, 0.4) is 0 Å². The van der Waals surface area contributed by atoms with Crippen molar-refractivity contribution in [1.82, 2.24) is 0 Å². The predicted octanol–water partition coefficient (Wildman–Crippen LogP) is 3.73. The molecular weight excluding hydrogens is 344 g/mol. The number of aliphatic imine (C=N–C) groups is 1. The topological polar surface area (TPSA) is 68.1 Å². The summed E-state index contributed by atoms with van der Waals surface area (Å²) in [7, 11) is 1.62. The van der Waals surface area contributed by atoms with Crippen LogP contribution in [0.25, 0.3) is 0 Å². The third kappa shape index (κ3) is 5.10. The normalized spacial score (nSPS) is 27.0. The van der Waals surface area contributed by atoms with Gasteiger partial charge < -0.3 is 14.6 Å². The van der Waals surface area contributed by atoms with Gasteiger partial charge in [-0.3, -0.25) is 4.99 Å². The molecule has 0 aromatic rings. The molecule has 26 heavy (non-hydrogen) atoms. The maximum atomic E-state index is 13.8. The van der Waals surface area contributed by atoms with Crippen molar-refractivity contribution in [3.8, 4) is 0 Å². The monoisotopic (exact) mass is 373 g/mol. The Morgan fingerprint density at radius 3 is 2.50 bits per heavy atom. The van der Waals surface area contributed by atoms with Gasteiger partial charge >= 0.3 is 5.97 Å². The number of nitrogens with zero attached hydrogens (tertiary/aromatic N) is 1. The van der Waals surface area contributed by atoms with Gasteiger partial charge in [0, 0.05) is 20.6 Å². The summed E-state index contributed by atoms with van der Waals surface area (Å²) in [6, 6.07) is -0.696. The molecule has 1 saturated carbocycles. The molecule has 5 nitrogen and oxygen atoms in total. The van der Waals surface area contributed by atoms with E-state index < -0.39 is 17.9 Å². The second-order valence-corrected chi connectivity index (χ2v) is 7.33. The van der Waals surface area contributed by atoms with Gasteiger partial charge in [0.1, 0.15) is 5.71 Å². The van der Waals surface area contributed by atoms with E-state index in [1.165, 1.54) is 6.92 Å². The van der Waals surface area contributed by atoms with Gasteiger partial charge in [-0.15, -0.1) is 0 Å². The number of carbonyl (C=O) groups is 1. The zero-order chi connectivity index (χ0) is 19.3. The highest BCUT2D eigenvalue weighted by atomic mass is 19.3. The third-order valence-corrected chi connectivity index (χ3v) is 5.38. The molecule has 2 unspecified atom stereocenters. The Bertz CT molecular complexity index is 568. The van der Waals surface area contributed by atoms with E-state index in [9.17, 15) is 18.7 Å². The molecule has 2 rings (SSSR count). The van der Waals surface area contributed by atoms with E-state index in [-0.39, 0.29) is 22.8 Å². The Labute approximate surface area is 153 Å². The standard InChI is InChI=1S/C19H29F2NO4/c1-12-16(18(23)24)15(22-17(12)19(2,20)21)10-13-6-4-5-7-14(13)11-26-9-8-25-3/h13-15H,4-11H2,1-3H3,(H,23,24)/t13?,14-,15?/m1/s1. The van der Waals surface area contributed by atoms with Crippen LogP contribution in [0, 0.1) is 11.8 Å². The van der Waals surface area contributed by atoms with Crippen LogP contribution in [-0.4, -0.2) is 55.7 Å². The fraction of sp³-hybridized carbons (Fsp3) is 0.789. The Morgan fingerprint density at radius 1 is 1.27 bits per heavy atom. The van der Waals surface area contributed by atoms with Crippen molar-refractivity contribution in [1.29, 1.82) is 0 Å². The highest BCUT2D eigenvalue weighted by molar-refractivity contribution is 6.12. The maximum Gasteiger partial charge on any atom is 0.334 e. The lowest BCUT2D eigenvalue weighted by molar-refractivity contribution is -0.133. The number of alkyl halides is 2. The molecule has 0 radical (unpaired) electrons. The number of rotatable bonds is 9. The van der Waals surface area contributed by atoms with E-state index >= 15 is 0 Å². The van der Waals surface area contributed by atoms with Gasteiger partial charge in [-0.2, -0.15) is 8.78 Å².